The van der Waals surface area contributed by atoms with Gasteiger partial charge in [0.1, 0.15) is 11.5 Å². The highest BCUT2D eigenvalue weighted by Gasteiger charge is 2.08. The van der Waals surface area contributed by atoms with Gasteiger partial charge in [-0.3, -0.25) is 0 Å². The molecule has 0 unspecified atom stereocenters. The average Bonchev–Trinajstić information content (AvgIpc) is 2.39. The SMILES string of the molecule is CS(=O)(=O)c1cccc(Oc2ccc(CCl)cc2)c1. The maximum Gasteiger partial charge on any atom is 0.175 e. The molecule has 2 rings (SSSR count). The van der Waals surface area contributed by atoms with Crippen molar-refractivity contribution in [2.45, 2.75) is 10.8 Å². The predicted octanol–water partition coefficient (Wildman–Crippen LogP) is 3.62. The van der Waals surface area contributed by atoms with Gasteiger partial charge in [0, 0.05) is 12.1 Å². The van der Waals surface area contributed by atoms with Gasteiger partial charge >= 0.3 is 0 Å². The summed E-state index contributed by atoms with van der Waals surface area (Å²) in [5.41, 5.74) is 0.999. The molecule has 2 aromatic rings. The second kappa shape index (κ2) is 5.63. The Morgan fingerprint density at radius 1 is 1.05 bits per heavy atom. The average molecular weight is 297 g/mol. The molecule has 0 bridgehead atoms. The van der Waals surface area contributed by atoms with E-state index in [0.717, 1.165) is 5.56 Å². The molecule has 2 aromatic carbocycles. The fourth-order valence-electron chi connectivity index (χ4n) is 1.55. The van der Waals surface area contributed by atoms with Gasteiger partial charge in [0.2, 0.25) is 0 Å². The second-order valence-electron chi connectivity index (χ2n) is 4.13. The number of hydrogen-bond donors (Lipinski definition) is 0. The first-order chi connectivity index (χ1) is 8.99. The monoisotopic (exact) mass is 296 g/mol. The van der Waals surface area contributed by atoms with E-state index in [1.807, 2.05) is 12.1 Å². The van der Waals surface area contributed by atoms with Gasteiger partial charge in [0.05, 0.1) is 4.90 Å². The van der Waals surface area contributed by atoms with Crippen molar-refractivity contribution in [1.29, 1.82) is 0 Å². The zero-order valence-electron chi connectivity index (χ0n) is 10.3. The lowest BCUT2D eigenvalue weighted by Gasteiger charge is -2.07. The lowest BCUT2D eigenvalue weighted by molar-refractivity contribution is 0.480. The fourth-order valence-corrected chi connectivity index (χ4v) is 2.39. The molecule has 19 heavy (non-hydrogen) atoms. The van der Waals surface area contributed by atoms with Crippen LogP contribution in [0, 0.1) is 0 Å². The van der Waals surface area contributed by atoms with Gasteiger partial charge in [-0.1, -0.05) is 18.2 Å². The third kappa shape index (κ3) is 3.72. The summed E-state index contributed by atoms with van der Waals surface area (Å²) in [5.74, 6) is 1.57. The van der Waals surface area contributed by atoms with E-state index in [9.17, 15) is 8.42 Å². The van der Waals surface area contributed by atoms with Crippen LogP contribution >= 0.6 is 11.6 Å². The van der Waals surface area contributed by atoms with E-state index in [4.69, 9.17) is 16.3 Å². The van der Waals surface area contributed by atoms with E-state index in [1.165, 1.54) is 12.3 Å². The molecule has 0 aliphatic heterocycles. The zero-order valence-corrected chi connectivity index (χ0v) is 11.9. The number of hydrogen-bond acceptors (Lipinski definition) is 3. The number of halogens is 1. The Labute approximate surface area is 117 Å². The molecule has 0 atom stereocenters. The fraction of sp³-hybridized carbons (Fsp3) is 0.143. The van der Waals surface area contributed by atoms with Crippen LogP contribution in [0.1, 0.15) is 5.56 Å². The molecule has 0 radical (unpaired) electrons. The van der Waals surface area contributed by atoms with Crippen LogP contribution in [0.3, 0.4) is 0 Å². The Morgan fingerprint density at radius 3 is 2.32 bits per heavy atom. The third-order valence-electron chi connectivity index (χ3n) is 2.55. The zero-order chi connectivity index (χ0) is 13.9. The van der Waals surface area contributed by atoms with Crippen molar-refractivity contribution in [3.8, 4) is 11.5 Å². The Bertz CT molecular complexity index is 663. The molecule has 0 fully saturated rings. The van der Waals surface area contributed by atoms with Crippen LogP contribution < -0.4 is 4.74 Å². The van der Waals surface area contributed by atoms with E-state index in [-0.39, 0.29) is 4.90 Å². The first kappa shape index (κ1) is 13.9. The molecule has 0 aromatic heterocycles. The molecule has 0 N–H and O–H groups in total. The molecule has 0 heterocycles. The quantitative estimate of drug-likeness (QED) is 0.809. The number of ether oxygens (including phenoxy) is 1. The summed E-state index contributed by atoms with van der Waals surface area (Å²) in [4.78, 5) is 0.238. The number of sulfone groups is 1. The van der Waals surface area contributed by atoms with Crippen LogP contribution in [-0.2, 0) is 15.7 Å². The van der Waals surface area contributed by atoms with Crippen LogP contribution in [0.5, 0.6) is 11.5 Å². The summed E-state index contributed by atoms with van der Waals surface area (Å²) in [5, 5.41) is 0. The highest BCUT2D eigenvalue weighted by atomic mass is 35.5. The molecule has 0 amide bonds. The van der Waals surface area contributed by atoms with Gasteiger partial charge in [0.15, 0.2) is 9.84 Å². The normalized spacial score (nSPS) is 11.3. The third-order valence-corrected chi connectivity index (χ3v) is 3.97. The Morgan fingerprint density at radius 2 is 1.74 bits per heavy atom. The van der Waals surface area contributed by atoms with E-state index < -0.39 is 9.84 Å². The van der Waals surface area contributed by atoms with Crippen molar-refractivity contribution in [2.75, 3.05) is 6.26 Å². The summed E-state index contributed by atoms with van der Waals surface area (Å²) >= 11 is 5.70. The van der Waals surface area contributed by atoms with Crippen LogP contribution in [0.2, 0.25) is 0 Å². The summed E-state index contributed by atoms with van der Waals surface area (Å²) < 4.78 is 28.5. The molecule has 3 nitrogen and oxygen atoms in total. The minimum Gasteiger partial charge on any atom is -0.457 e. The smallest absolute Gasteiger partial charge is 0.175 e. The molecule has 0 saturated heterocycles. The molecule has 0 aliphatic carbocycles. The molecule has 5 heteroatoms. The maximum absolute atomic E-state index is 11.5. The van der Waals surface area contributed by atoms with Crippen LogP contribution in [0.25, 0.3) is 0 Å². The van der Waals surface area contributed by atoms with E-state index in [2.05, 4.69) is 0 Å². The van der Waals surface area contributed by atoms with Gasteiger partial charge in [-0.25, -0.2) is 8.42 Å². The Hall–Kier alpha value is -1.52. The van der Waals surface area contributed by atoms with Crippen molar-refractivity contribution in [1.82, 2.24) is 0 Å². The van der Waals surface area contributed by atoms with E-state index >= 15 is 0 Å². The lowest BCUT2D eigenvalue weighted by atomic mass is 10.2. The van der Waals surface area contributed by atoms with Crippen molar-refractivity contribution in [3.63, 3.8) is 0 Å². The van der Waals surface area contributed by atoms with Gasteiger partial charge in [-0.2, -0.15) is 0 Å². The first-order valence-electron chi connectivity index (χ1n) is 5.62. The van der Waals surface area contributed by atoms with Gasteiger partial charge in [-0.05, 0) is 35.9 Å². The summed E-state index contributed by atoms with van der Waals surface area (Å²) in [6, 6.07) is 13.7. The van der Waals surface area contributed by atoms with Gasteiger partial charge < -0.3 is 4.74 Å². The van der Waals surface area contributed by atoms with E-state index in [1.54, 1.807) is 30.3 Å². The van der Waals surface area contributed by atoms with Crippen LogP contribution in [-0.4, -0.2) is 14.7 Å². The summed E-state index contributed by atoms with van der Waals surface area (Å²) in [6.45, 7) is 0. The molecule has 0 aliphatic rings. The second-order valence-corrected chi connectivity index (χ2v) is 6.41. The van der Waals surface area contributed by atoms with Crippen LogP contribution in [0.4, 0.5) is 0 Å². The minimum atomic E-state index is -3.23. The summed E-state index contributed by atoms with van der Waals surface area (Å²) in [7, 11) is -3.23. The highest BCUT2D eigenvalue weighted by Crippen LogP contribution is 2.24. The maximum atomic E-state index is 11.5. The largest absolute Gasteiger partial charge is 0.457 e. The molecular weight excluding hydrogens is 284 g/mol. The van der Waals surface area contributed by atoms with Crippen molar-refractivity contribution >= 4 is 21.4 Å². The predicted molar refractivity (Wildman–Crippen MR) is 75.6 cm³/mol. The Kier molecular flexibility index (Phi) is 4.12. The molecule has 0 spiro atoms. The van der Waals surface area contributed by atoms with Gasteiger partial charge in [0.25, 0.3) is 0 Å². The highest BCUT2D eigenvalue weighted by molar-refractivity contribution is 7.90. The van der Waals surface area contributed by atoms with Crippen molar-refractivity contribution in [3.05, 3.63) is 54.1 Å². The van der Waals surface area contributed by atoms with E-state index in [0.29, 0.717) is 17.4 Å². The minimum absolute atomic E-state index is 0.238. The molecular formula is C14H13ClO3S. The number of benzene rings is 2. The van der Waals surface area contributed by atoms with Crippen molar-refractivity contribution < 1.29 is 13.2 Å². The lowest BCUT2D eigenvalue weighted by Crippen LogP contribution is -1.97. The number of alkyl halides is 1. The van der Waals surface area contributed by atoms with Crippen LogP contribution in [0.15, 0.2) is 53.4 Å². The first-order valence-corrected chi connectivity index (χ1v) is 8.04. The molecule has 100 valence electrons. The molecule has 0 saturated carbocycles. The summed E-state index contributed by atoms with van der Waals surface area (Å²) in [6.07, 6.45) is 1.17. The topological polar surface area (TPSA) is 43.4 Å². The van der Waals surface area contributed by atoms with Crippen molar-refractivity contribution in [2.24, 2.45) is 0 Å². The Balaban J connectivity index is 2.23. The van der Waals surface area contributed by atoms with Gasteiger partial charge in [-0.15, -0.1) is 11.6 Å². The number of rotatable bonds is 4. The standard InChI is InChI=1S/C14H13ClO3S/c1-19(16,17)14-4-2-3-13(9-14)18-12-7-5-11(10-15)6-8-12/h2-9H,10H2,1H3.